The van der Waals surface area contributed by atoms with Gasteiger partial charge in [-0.3, -0.25) is 0 Å². The molecule has 0 atom stereocenters. The molecule has 3 rings (SSSR count). The van der Waals surface area contributed by atoms with Crippen LogP contribution in [0.25, 0.3) is 0 Å². The fourth-order valence-electron chi connectivity index (χ4n) is 3.01. The van der Waals surface area contributed by atoms with E-state index in [0.717, 1.165) is 50.3 Å². The van der Waals surface area contributed by atoms with E-state index in [2.05, 4.69) is 33.8 Å². The lowest BCUT2D eigenvalue weighted by atomic mass is 10.1. The summed E-state index contributed by atoms with van der Waals surface area (Å²) in [7, 11) is 0. The Bertz CT molecular complexity index is 658. The molecule has 0 bridgehead atoms. The third-order valence-corrected chi connectivity index (χ3v) is 4.06. The van der Waals surface area contributed by atoms with Crippen molar-refractivity contribution in [3.05, 3.63) is 35.7 Å². The van der Waals surface area contributed by atoms with Gasteiger partial charge < -0.3 is 14.3 Å². The third kappa shape index (κ3) is 3.46. The Hall–Kier alpha value is -2.11. The summed E-state index contributed by atoms with van der Waals surface area (Å²) >= 11 is 0. The van der Waals surface area contributed by atoms with E-state index in [1.54, 1.807) is 6.07 Å². The topological polar surface area (TPSA) is 45.4 Å². The fraction of sp³-hybridized carbons (Fsp3) is 0.529. The highest BCUT2D eigenvalue weighted by molar-refractivity contribution is 5.73. The highest BCUT2D eigenvalue weighted by Gasteiger charge is 2.24. The first-order valence-corrected chi connectivity index (χ1v) is 8.32. The second kappa shape index (κ2) is 6.98. The maximum absolute atomic E-state index is 13.7. The summed E-state index contributed by atoms with van der Waals surface area (Å²) in [6, 6.07) is 4.99. The molecule has 5 nitrogen and oxygen atoms in total. The van der Waals surface area contributed by atoms with Crippen LogP contribution in [0.5, 0.6) is 0 Å². The number of rotatable bonds is 6. The first-order chi connectivity index (χ1) is 11.2. The number of benzene rings is 1. The average Bonchev–Trinajstić information content (AvgIpc) is 2.97. The van der Waals surface area contributed by atoms with Crippen molar-refractivity contribution in [2.45, 2.75) is 39.7 Å². The predicted molar refractivity (Wildman–Crippen MR) is 88.2 cm³/mol. The van der Waals surface area contributed by atoms with Gasteiger partial charge in [0.15, 0.2) is 5.82 Å². The summed E-state index contributed by atoms with van der Waals surface area (Å²) in [5.74, 6) is 1.12. The number of fused-ring (bicyclic) bond motifs is 1. The van der Waals surface area contributed by atoms with Gasteiger partial charge in [-0.1, -0.05) is 19.0 Å². The van der Waals surface area contributed by atoms with Crippen LogP contribution in [0.1, 0.15) is 38.4 Å². The van der Waals surface area contributed by atoms with Crippen LogP contribution in [0, 0.1) is 5.82 Å². The van der Waals surface area contributed by atoms with Crippen molar-refractivity contribution in [2.75, 3.05) is 29.4 Å². The van der Waals surface area contributed by atoms with Crippen LogP contribution in [-0.2, 0) is 13.0 Å². The number of aromatic nitrogens is 2. The molecule has 0 amide bonds. The third-order valence-electron chi connectivity index (χ3n) is 4.06. The molecule has 2 aromatic rings. The summed E-state index contributed by atoms with van der Waals surface area (Å²) in [5, 5.41) is 4.04. The molecule has 0 saturated carbocycles. The minimum Gasteiger partial charge on any atom is -0.368 e. The highest BCUT2D eigenvalue weighted by atomic mass is 19.1. The lowest BCUT2D eigenvalue weighted by molar-refractivity contribution is 0.371. The first kappa shape index (κ1) is 15.8. The van der Waals surface area contributed by atoms with Gasteiger partial charge in [0.1, 0.15) is 5.82 Å². The molecule has 0 aliphatic carbocycles. The van der Waals surface area contributed by atoms with E-state index >= 15 is 0 Å². The van der Waals surface area contributed by atoms with Gasteiger partial charge >= 0.3 is 0 Å². The van der Waals surface area contributed by atoms with E-state index in [1.807, 2.05) is 6.07 Å². The number of hydrogen-bond donors (Lipinski definition) is 0. The molecule has 124 valence electrons. The minimum absolute atomic E-state index is 0.216. The molecular formula is C17H23FN4O. The molecule has 0 fully saturated rings. The molecule has 0 unspecified atom stereocenters. The zero-order valence-electron chi connectivity index (χ0n) is 13.8. The van der Waals surface area contributed by atoms with Crippen molar-refractivity contribution < 1.29 is 8.91 Å². The van der Waals surface area contributed by atoms with Crippen molar-refractivity contribution in [1.82, 2.24) is 10.1 Å². The lowest BCUT2D eigenvalue weighted by Crippen LogP contribution is -2.41. The summed E-state index contributed by atoms with van der Waals surface area (Å²) in [5.41, 5.74) is 1.99. The van der Waals surface area contributed by atoms with Crippen LogP contribution in [-0.4, -0.2) is 29.8 Å². The van der Waals surface area contributed by atoms with E-state index in [9.17, 15) is 4.39 Å². The first-order valence-electron chi connectivity index (χ1n) is 8.32. The summed E-state index contributed by atoms with van der Waals surface area (Å²) in [6.45, 7) is 7.51. The second-order valence-electron chi connectivity index (χ2n) is 5.90. The molecule has 1 aliphatic rings. The molecular weight excluding hydrogens is 295 g/mol. The highest BCUT2D eigenvalue weighted by Crippen LogP contribution is 2.34. The van der Waals surface area contributed by atoms with E-state index in [1.165, 1.54) is 6.07 Å². The monoisotopic (exact) mass is 318 g/mol. The Morgan fingerprint density at radius 3 is 2.74 bits per heavy atom. The zero-order valence-corrected chi connectivity index (χ0v) is 13.8. The molecule has 6 heteroatoms. The SMILES string of the molecule is CCCc1nc(CN2CCN(CCC)c3ccc(F)cc32)no1. The molecule has 1 aromatic carbocycles. The molecule has 23 heavy (non-hydrogen) atoms. The van der Waals surface area contributed by atoms with E-state index in [4.69, 9.17) is 4.52 Å². The van der Waals surface area contributed by atoms with Gasteiger partial charge in [-0.2, -0.15) is 4.98 Å². The van der Waals surface area contributed by atoms with Gasteiger partial charge in [0.2, 0.25) is 5.89 Å². The van der Waals surface area contributed by atoms with Gasteiger partial charge in [-0.15, -0.1) is 0 Å². The van der Waals surface area contributed by atoms with Crippen molar-refractivity contribution in [3.63, 3.8) is 0 Å². The van der Waals surface area contributed by atoms with Gasteiger partial charge in [-0.05, 0) is 31.0 Å². The molecule has 0 N–H and O–H groups in total. The second-order valence-corrected chi connectivity index (χ2v) is 5.90. The number of nitrogens with zero attached hydrogens (tertiary/aromatic N) is 4. The normalized spacial score (nSPS) is 14.2. The lowest BCUT2D eigenvalue weighted by Gasteiger charge is -2.38. The standard InChI is InChI=1S/C17H23FN4O/c1-3-5-17-19-16(20-23-17)12-22-10-9-21(8-4-2)14-7-6-13(18)11-15(14)22/h6-7,11H,3-5,8-10,12H2,1-2H3. The number of anilines is 2. The van der Waals surface area contributed by atoms with Crippen LogP contribution in [0.2, 0.25) is 0 Å². The van der Waals surface area contributed by atoms with Gasteiger partial charge in [0.05, 0.1) is 17.9 Å². The largest absolute Gasteiger partial charge is 0.368 e. The fourth-order valence-corrected chi connectivity index (χ4v) is 3.01. The van der Waals surface area contributed by atoms with Gasteiger partial charge in [0.25, 0.3) is 0 Å². The van der Waals surface area contributed by atoms with Crippen molar-refractivity contribution in [2.24, 2.45) is 0 Å². The summed E-state index contributed by atoms with van der Waals surface area (Å²) in [4.78, 5) is 8.86. The molecule has 0 radical (unpaired) electrons. The Morgan fingerprint density at radius 2 is 1.96 bits per heavy atom. The molecule has 1 aromatic heterocycles. The maximum atomic E-state index is 13.7. The maximum Gasteiger partial charge on any atom is 0.226 e. The van der Waals surface area contributed by atoms with E-state index in [0.29, 0.717) is 18.3 Å². The number of halogens is 1. The van der Waals surface area contributed by atoms with Gasteiger partial charge in [-0.25, -0.2) is 4.39 Å². The van der Waals surface area contributed by atoms with Crippen LogP contribution in [0.4, 0.5) is 15.8 Å². The molecule has 0 saturated heterocycles. The minimum atomic E-state index is -0.216. The smallest absolute Gasteiger partial charge is 0.226 e. The van der Waals surface area contributed by atoms with Crippen molar-refractivity contribution in [3.8, 4) is 0 Å². The molecule has 2 heterocycles. The van der Waals surface area contributed by atoms with Gasteiger partial charge in [0, 0.05) is 26.1 Å². The molecule has 1 aliphatic heterocycles. The van der Waals surface area contributed by atoms with Crippen LogP contribution in [0.15, 0.2) is 22.7 Å². The van der Waals surface area contributed by atoms with E-state index in [-0.39, 0.29) is 5.82 Å². The van der Waals surface area contributed by atoms with Crippen molar-refractivity contribution >= 4 is 11.4 Å². The Labute approximate surface area is 136 Å². The van der Waals surface area contributed by atoms with Crippen LogP contribution in [0.3, 0.4) is 0 Å². The molecule has 0 spiro atoms. The summed E-state index contributed by atoms with van der Waals surface area (Å²) < 4.78 is 19.0. The number of hydrogen-bond acceptors (Lipinski definition) is 5. The average molecular weight is 318 g/mol. The van der Waals surface area contributed by atoms with Crippen LogP contribution >= 0.6 is 0 Å². The van der Waals surface area contributed by atoms with Crippen molar-refractivity contribution in [1.29, 1.82) is 0 Å². The predicted octanol–water partition coefficient (Wildman–Crippen LogP) is 3.40. The Morgan fingerprint density at radius 1 is 1.13 bits per heavy atom. The Balaban J connectivity index is 1.82. The number of aryl methyl sites for hydroxylation is 1. The quantitative estimate of drug-likeness (QED) is 0.817. The van der Waals surface area contributed by atoms with E-state index < -0.39 is 0 Å². The Kier molecular flexibility index (Phi) is 4.79. The van der Waals surface area contributed by atoms with Crippen LogP contribution < -0.4 is 9.80 Å². The summed E-state index contributed by atoms with van der Waals surface area (Å²) in [6.07, 6.45) is 2.84. The zero-order chi connectivity index (χ0) is 16.2.